The summed E-state index contributed by atoms with van der Waals surface area (Å²) in [5.41, 5.74) is 1.10. The number of anilines is 2. The second-order valence-electron chi connectivity index (χ2n) is 5.95. The van der Waals surface area contributed by atoms with E-state index in [0.29, 0.717) is 17.1 Å². The fourth-order valence-electron chi connectivity index (χ4n) is 2.84. The van der Waals surface area contributed by atoms with E-state index in [1.165, 1.54) is 12.6 Å². The molecule has 2 aromatic rings. The van der Waals surface area contributed by atoms with Crippen LogP contribution in [0.4, 0.5) is 11.5 Å². The van der Waals surface area contributed by atoms with Crippen LogP contribution in [0.25, 0.3) is 0 Å². The van der Waals surface area contributed by atoms with Crippen LogP contribution in [-0.4, -0.2) is 21.8 Å². The zero-order valence-corrected chi connectivity index (χ0v) is 13.4. The Morgan fingerprint density at radius 2 is 1.71 bits per heavy atom. The molecule has 2 aromatic heterocycles. The zero-order valence-electron chi connectivity index (χ0n) is 13.4. The molecule has 1 aliphatic carbocycles. The van der Waals surface area contributed by atoms with Gasteiger partial charge in [0.1, 0.15) is 5.82 Å². The van der Waals surface area contributed by atoms with Gasteiger partial charge in [-0.15, -0.1) is 0 Å². The molecule has 3 rings (SSSR count). The molecule has 0 radical (unpaired) electrons. The van der Waals surface area contributed by atoms with Crippen LogP contribution in [0.5, 0.6) is 0 Å². The van der Waals surface area contributed by atoms with Crippen LogP contribution in [-0.2, 0) is 4.79 Å². The first-order valence-corrected chi connectivity index (χ1v) is 8.20. The fraction of sp³-hybridized carbons (Fsp3) is 0.333. The quantitative estimate of drug-likeness (QED) is 0.904. The summed E-state index contributed by atoms with van der Waals surface area (Å²) in [5.74, 6) is 0.410. The van der Waals surface area contributed by atoms with Crippen molar-refractivity contribution in [2.75, 3.05) is 10.6 Å². The van der Waals surface area contributed by atoms with Gasteiger partial charge in [0.25, 0.3) is 5.91 Å². The highest BCUT2D eigenvalue weighted by molar-refractivity contribution is 6.04. The molecule has 6 nitrogen and oxygen atoms in total. The second-order valence-corrected chi connectivity index (χ2v) is 5.95. The van der Waals surface area contributed by atoms with E-state index in [9.17, 15) is 9.59 Å². The average molecular weight is 324 g/mol. The molecule has 1 aliphatic rings. The molecular weight excluding hydrogens is 304 g/mol. The van der Waals surface area contributed by atoms with Gasteiger partial charge in [-0.3, -0.25) is 14.6 Å². The summed E-state index contributed by atoms with van der Waals surface area (Å²) < 4.78 is 0. The normalized spacial score (nSPS) is 14.8. The summed E-state index contributed by atoms with van der Waals surface area (Å²) in [6, 6.07) is 6.70. The highest BCUT2D eigenvalue weighted by atomic mass is 16.2. The van der Waals surface area contributed by atoms with Gasteiger partial charge >= 0.3 is 0 Å². The van der Waals surface area contributed by atoms with Gasteiger partial charge in [0, 0.05) is 23.9 Å². The number of rotatable bonds is 4. The molecule has 0 aliphatic heterocycles. The Morgan fingerprint density at radius 3 is 2.38 bits per heavy atom. The Bertz CT molecular complexity index is 695. The van der Waals surface area contributed by atoms with Crippen molar-refractivity contribution >= 4 is 23.3 Å². The van der Waals surface area contributed by atoms with Crippen molar-refractivity contribution in [1.29, 1.82) is 0 Å². The Hall–Kier alpha value is -2.76. The summed E-state index contributed by atoms with van der Waals surface area (Å²) >= 11 is 0. The van der Waals surface area contributed by atoms with E-state index < -0.39 is 0 Å². The third kappa shape index (κ3) is 4.16. The lowest BCUT2D eigenvalue weighted by molar-refractivity contribution is -0.120. The Labute approximate surface area is 140 Å². The maximum atomic E-state index is 12.2. The Morgan fingerprint density at radius 1 is 0.958 bits per heavy atom. The minimum atomic E-state index is -0.224. The molecule has 0 spiro atoms. The van der Waals surface area contributed by atoms with Gasteiger partial charge in [0.15, 0.2) is 0 Å². The highest BCUT2D eigenvalue weighted by Crippen LogP contribution is 2.24. The second kappa shape index (κ2) is 7.68. The Balaban J connectivity index is 1.57. The first-order valence-electron chi connectivity index (χ1n) is 8.20. The molecule has 0 atom stereocenters. The molecule has 1 saturated carbocycles. The van der Waals surface area contributed by atoms with E-state index in [0.717, 1.165) is 25.7 Å². The lowest BCUT2D eigenvalue weighted by Crippen LogP contribution is -2.25. The van der Waals surface area contributed by atoms with Crippen molar-refractivity contribution in [3.05, 3.63) is 48.4 Å². The van der Waals surface area contributed by atoms with Crippen molar-refractivity contribution in [3.8, 4) is 0 Å². The van der Waals surface area contributed by atoms with Crippen molar-refractivity contribution < 1.29 is 9.59 Å². The maximum Gasteiger partial charge on any atom is 0.255 e. The molecule has 0 aromatic carbocycles. The van der Waals surface area contributed by atoms with Crippen LogP contribution < -0.4 is 10.6 Å². The number of aromatic nitrogens is 2. The number of amides is 2. The van der Waals surface area contributed by atoms with Crippen LogP contribution in [0.2, 0.25) is 0 Å². The van der Waals surface area contributed by atoms with E-state index in [2.05, 4.69) is 20.6 Å². The molecule has 0 saturated heterocycles. The zero-order chi connectivity index (χ0) is 16.8. The van der Waals surface area contributed by atoms with Gasteiger partial charge in [-0.25, -0.2) is 4.98 Å². The molecule has 0 unspecified atom stereocenters. The molecule has 24 heavy (non-hydrogen) atoms. The number of carbonyl (C=O) groups is 2. The number of hydrogen-bond donors (Lipinski definition) is 2. The van der Waals surface area contributed by atoms with E-state index in [1.54, 1.807) is 36.7 Å². The van der Waals surface area contributed by atoms with Crippen molar-refractivity contribution in [2.45, 2.75) is 32.1 Å². The third-order valence-corrected chi connectivity index (χ3v) is 4.19. The van der Waals surface area contributed by atoms with Gasteiger partial charge in [-0.2, -0.15) is 0 Å². The molecular formula is C18H20N4O2. The number of nitrogens with one attached hydrogen (secondary N) is 2. The van der Waals surface area contributed by atoms with Crippen LogP contribution >= 0.6 is 0 Å². The van der Waals surface area contributed by atoms with Gasteiger partial charge in [0.05, 0.1) is 11.9 Å². The molecule has 0 bridgehead atoms. The average Bonchev–Trinajstić information content (AvgIpc) is 2.65. The number of hydrogen-bond acceptors (Lipinski definition) is 4. The molecule has 124 valence electrons. The van der Waals surface area contributed by atoms with Crippen LogP contribution in [0.3, 0.4) is 0 Å². The fourth-order valence-corrected chi connectivity index (χ4v) is 2.84. The molecule has 1 fully saturated rings. The predicted molar refractivity (Wildman–Crippen MR) is 91.6 cm³/mol. The van der Waals surface area contributed by atoms with E-state index in [-0.39, 0.29) is 17.7 Å². The van der Waals surface area contributed by atoms with E-state index in [1.807, 2.05) is 0 Å². The van der Waals surface area contributed by atoms with E-state index in [4.69, 9.17) is 0 Å². The summed E-state index contributed by atoms with van der Waals surface area (Å²) in [7, 11) is 0. The lowest BCUT2D eigenvalue weighted by atomic mass is 9.89. The minimum absolute atomic E-state index is 0.0378. The lowest BCUT2D eigenvalue weighted by Gasteiger charge is -2.20. The van der Waals surface area contributed by atoms with Crippen molar-refractivity contribution in [1.82, 2.24) is 9.97 Å². The molecule has 2 amide bonds. The third-order valence-electron chi connectivity index (χ3n) is 4.19. The summed E-state index contributed by atoms with van der Waals surface area (Å²) in [4.78, 5) is 32.3. The smallest absolute Gasteiger partial charge is 0.255 e. The number of carbonyl (C=O) groups excluding carboxylic acids is 2. The summed E-state index contributed by atoms with van der Waals surface area (Å²) in [5, 5.41) is 5.61. The van der Waals surface area contributed by atoms with Crippen molar-refractivity contribution in [3.63, 3.8) is 0 Å². The highest BCUT2D eigenvalue weighted by Gasteiger charge is 2.21. The topological polar surface area (TPSA) is 84.0 Å². The number of nitrogens with zero attached hydrogens (tertiary/aromatic N) is 2. The first kappa shape index (κ1) is 16.1. The van der Waals surface area contributed by atoms with Gasteiger partial charge in [-0.05, 0) is 37.1 Å². The summed E-state index contributed by atoms with van der Waals surface area (Å²) in [6.07, 6.45) is 10.0. The minimum Gasteiger partial charge on any atom is -0.321 e. The van der Waals surface area contributed by atoms with E-state index >= 15 is 0 Å². The SMILES string of the molecule is O=C(Nc1ccc(NC(=O)C2CCCCC2)nc1)c1ccncc1. The summed E-state index contributed by atoms with van der Waals surface area (Å²) in [6.45, 7) is 0. The first-order chi connectivity index (χ1) is 11.7. The predicted octanol–water partition coefficient (Wildman–Crippen LogP) is 3.25. The molecule has 2 heterocycles. The maximum absolute atomic E-state index is 12.2. The van der Waals surface area contributed by atoms with Crippen LogP contribution in [0, 0.1) is 5.92 Å². The molecule has 6 heteroatoms. The standard InChI is InChI=1S/C18H20N4O2/c23-17(14-8-10-19-11-9-14)21-15-6-7-16(20-12-15)22-18(24)13-4-2-1-3-5-13/h6-13H,1-5H2,(H,21,23)(H,20,22,24). The largest absolute Gasteiger partial charge is 0.321 e. The number of pyridine rings is 2. The van der Waals surface area contributed by atoms with Crippen LogP contribution in [0.15, 0.2) is 42.9 Å². The van der Waals surface area contributed by atoms with Gasteiger partial charge in [0.2, 0.25) is 5.91 Å². The Kier molecular flexibility index (Phi) is 5.15. The van der Waals surface area contributed by atoms with Gasteiger partial charge < -0.3 is 10.6 Å². The molecule has 2 N–H and O–H groups in total. The van der Waals surface area contributed by atoms with Crippen LogP contribution in [0.1, 0.15) is 42.5 Å². The monoisotopic (exact) mass is 324 g/mol. The van der Waals surface area contributed by atoms with Crippen molar-refractivity contribution in [2.24, 2.45) is 5.92 Å². The van der Waals surface area contributed by atoms with Gasteiger partial charge in [-0.1, -0.05) is 19.3 Å².